The molecule has 7 heteroatoms. The fraction of sp³-hybridized carbons (Fsp3) is 0.308. The van der Waals surface area contributed by atoms with Gasteiger partial charge in [-0.25, -0.2) is 15.8 Å². The van der Waals surface area contributed by atoms with Crippen LogP contribution in [-0.4, -0.2) is 28.3 Å². The minimum absolute atomic E-state index is 0.600. The summed E-state index contributed by atoms with van der Waals surface area (Å²) in [6, 6.07) is 7.81. The number of nitrogen functional groups attached to an aromatic ring is 1. The number of rotatable bonds is 5. The second-order valence-corrected chi connectivity index (χ2v) is 5.14. The van der Waals surface area contributed by atoms with E-state index in [1.807, 2.05) is 49.4 Å². The van der Waals surface area contributed by atoms with Gasteiger partial charge in [0.15, 0.2) is 5.16 Å². The highest BCUT2D eigenvalue weighted by Gasteiger charge is 2.09. The van der Waals surface area contributed by atoms with Crippen molar-refractivity contribution < 1.29 is 0 Å². The molecule has 2 rings (SSSR count). The summed E-state index contributed by atoms with van der Waals surface area (Å²) in [6.45, 7) is 2.66. The number of hydrogen-bond donors (Lipinski definition) is 2. The van der Waals surface area contributed by atoms with E-state index in [4.69, 9.17) is 5.84 Å². The van der Waals surface area contributed by atoms with E-state index in [0.717, 1.165) is 17.2 Å². The predicted octanol–water partition coefficient (Wildman–Crippen LogP) is 1.82. The molecule has 0 aliphatic heterocycles. The zero-order chi connectivity index (χ0) is 14.5. The number of aromatic nitrogens is 3. The van der Waals surface area contributed by atoms with E-state index < -0.39 is 0 Å². The Hall–Kier alpha value is -1.86. The first kappa shape index (κ1) is 14.5. The van der Waals surface area contributed by atoms with Crippen molar-refractivity contribution >= 4 is 23.4 Å². The lowest BCUT2D eigenvalue weighted by Crippen LogP contribution is -2.20. The molecule has 2 aromatic heterocycles. The third kappa shape index (κ3) is 3.58. The average molecular weight is 290 g/mol. The maximum Gasteiger partial charge on any atom is 0.191 e. The summed E-state index contributed by atoms with van der Waals surface area (Å²) in [5.41, 5.74) is 4.57. The molecule has 0 radical (unpaired) electrons. The van der Waals surface area contributed by atoms with Gasteiger partial charge in [0.25, 0.3) is 0 Å². The van der Waals surface area contributed by atoms with Crippen LogP contribution in [0.15, 0.2) is 29.4 Å². The van der Waals surface area contributed by atoms with E-state index in [1.165, 1.54) is 11.8 Å². The standard InChI is InChI=1S/C13H18N6S/c1-9-5-4-6-10(15-9)8-19(2)12-7-11(18-14)16-13(17-12)20-3/h4-7H,8,14H2,1-3H3,(H,16,17,18). The molecule has 0 fully saturated rings. The molecule has 106 valence electrons. The number of thioether (sulfide) groups is 1. The van der Waals surface area contributed by atoms with Crippen LogP contribution in [-0.2, 0) is 6.54 Å². The van der Waals surface area contributed by atoms with Crippen molar-refractivity contribution in [1.82, 2.24) is 15.0 Å². The number of nitrogens with one attached hydrogen (secondary N) is 1. The summed E-state index contributed by atoms with van der Waals surface area (Å²) < 4.78 is 0. The number of anilines is 2. The molecule has 6 nitrogen and oxygen atoms in total. The second kappa shape index (κ2) is 6.53. The summed E-state index contributed by atoms with van der Waals surface area (Å²) in [6.07, 6.45) is 1.93. The first-order chi connectivity index (χ1) is 9.62. The van der Waals surface area contributed by atoms with Crippen molar-refractivity contribution in [3.05, 3.63) is 35.7 Å². The van der Waals surface area contributed by atoms with Crippen LogP contribution in [0.5, 0.6) is 0 Å². The van der Waals surface area contributed by atoms with Crippen molar-refractivity contribution in [2.75, 3.05) is 23.6 Å². The zero-order valence-corrected chi connectivity index (χ0v) is 12.6. The quantitative estimate of drug-likeness (QED) is 0.376. The van der Waals surface area contributed by atoms with Crippen LogP contribution in [0.1, 0.15) is 11.4 Å². The lowest BCUT2D eigenvalue weighted by atomic mass is 10.3. The van der Waals surface area contributed by atoms with Crippen molar-refractivity contribution in [3.8, 4) is 0 Å². The number of hydrogen-bond acceptors (Lipinski definition) is 7. The molecule has 2 heterocycles. The van der Waals surface area contributed by atoms with Crippen molar-refractivity contribution in [3.63, 3.8) is 0 Å². The Kier molecular flexibility index (Phi) is 4.75. The van der Waals surface area contributed by atoms with Crippen LogP contribution in [0.3, 0.4) is 0 Å². The number of hydrazine groups is 1. The first-order valence-electron chi connectivity index (χ1n) is 6.15. The Morgan fingerprint density at radius 2 is 2.10 bits per heavy atom. The van der Waals surface area contributed by atoms with Gasteiger partial charge in [-0.2, -0.15) is 0 Å². The lowest BCUT2D eigenvalue weighted by Gasteiger charge is -2.19. The molecule has 0 bridgehead atoms. The normalized spacial score (nSPS) is 10.4. The Labute approximate surface area is 122 Å². The van der Waals surface area contributed by atoms with Crippen molar-refractivity contribution in [1.29, 1.82) is 0 Å². The van der Waals surface area contributed by atoms with Gasteiger partial charge < -0.3 is 10.3 Å². The second-order valence-electron chi connectivity index (χ2n) is 4.37. The Bertz CT molecular complexity index is 567. The molecule has 0 atom stereocenters. The van der Waals surface area contributed by atoms with E-state index in [1.54, 1.807) is 0 Å². The summed E-state index contributed by atoms with van der Waals surface area (Å²) in [5.74, 6) is 6.84. The third-order valence-corrected chi connectivity index (χ3v) is 3.31. The Balaban J connectivity index is 2.22. The molecule has 0 unspecified atom stereocenters. The van der Waals surface area contributed by atoms with Gasteiger partial charge >= 0.3 is 0 Å². The molecule has 3 N–H and O–H groups in total. The van der Waals surface area contributed by atoms with Crippen LogP contribution in [0.4, 0.5) is 11.6 Å². The molecule has 2 aromatic rings. The molecule has 0 aliphatic carbocycles. The number of pyridine rings is 1. The summed E-state index contributed by atoms with van der Waals surface area (Å²) in [5, 5.41) is 0.680. The van der Waals surface area contributed by atoms with Crippen LogP contribution in [0.25, 0.3) is 0 Å². The van der Waals surface area contributed by atoms with Crippen LogP contribution < -0.4 is 16.2 Å². The molecular formula is C13H18N6S. The molecule has 0 saturated carbocycles. The van der Waals surface area contributed by atoms with Gasteiger partial charge in [0.2, 0.25) is 0 Å². The topological polar surface area (TPSA) is 80.0 Å². The van der Waals surface area contributed by atoms with E-state index in [0.29, 0.717) is 17.5 Å². The zero-order valence-electron chi connectivity index (χ0n) is 11.8. The largest absolute Gasteiger partial charge is 0.354 e. The van der Waals surface area contributed by atoms with Gasteiger partial charge in [-0.1, -0.05) is 17.8 Å². The lowest BCUT2D eigenvalue weighted by molar-refractivity contribution is 0.833. The highest BCUT2D eigenvalue weighted by atomic mass is 32.2. The summed E-state index contributed by atoms with van der Waals surface area (Å²) in [7, 11) is 1.97. The minimum atomic E-state index is 0.600. The van der Waals surface area contributed by atoms with Crippen molar-refractivity contribution in [2.24, 2.45) is 5.84 Å². The highest BCUT2D eigenvalue weighted by molar-refractivity contribution is 7.98. The van der Waals surface area contributed by atoms with Crippen LogP contribution in [0, 0.1) is 6.92 Å². The predicted molar refractivity (Wildman–Crippen MR) is 82.7 cm³/mol. The molecule has 20 heavy (non-hydrogen) atoms. The van der Waals surface area contributed by atoms with Crippen LogP contribution in [0.2, 0.25) is 0 Å². The third-order valence-electron chi connectivity index (χ3n) is 2.76. The molecule has 0 aliphatic rings. The maximum atomic E-state index is 5.43. The van der Waals surface area contributed by atoms with Gasteiger partial charge in [0, 0.05) is 18.8 Å². The molecule has 0 saturated heterocycles. The molecular weight excluding hydrogens is 272 g/mol. The fourth-order valence-electron chi connectivity index (χ4n) is 1.79. The molecule has 0 spiro atoms. The van der Waals surface area contributed by atoms with E-state index >= 15 is 0 Å². The summed E-state index contributed by atoms with van der Waals surface area (Å²) >= 11 is 1.48. The SMILES string of the molecule is CSc1nc(NN)cc(N(C)Cc2cccc(C)n2)n1. The minimum Gasteiger partial charge on any atom is -0.354 e. The van der Waals surface area contributed by atoms with Gasteiger partial charge in [0.05, 0.1) is 12.2 Å². The van der Waals surface area contributed by atoms with Gasteiger partial charge in [-0.3, -0.25) is 4.98 Å². The highest BCUT2D eigenvalue weighted by Crippen LogP contribution is 2.20. The van der Waals surface area contributed by atoms with Gasteiger partial charge in [0.1, 0.15) is 11.6 Å². The van der Waals surface area contributed by atoms with E-state index in [9.17, 15) is 0 Å². The number of nitrogens with zero attached hydrogens (tertiary/aromatic N) is 4. The fourth-order valence-corrected chi connectivity index (χ4v) is 2.16. The van der Waals surface area contributed by atoms with Crippen molar-refractivity contribution in [2.45, 2.75) is 18.6 Å². The average Bonchev–Trinajstić information content (AvgIpc) is 2.46. The Morgan fingerprint density at radius 3 is 2.75 bits per heavy atom. The number of nitrogens with two attached hydrogens (primary N) is 1. The van der Waals surface area contributed by atoms with Gasteiger partial charge in [-0.15, -0.1) is 0 Å². The monoisotopic (exact) mass is 290 g/mol. The molecule has 0 aromatic carbocycles. The van der Waals surface area contributed by atoms with E-state index in [2.05, 4.69) is 20.4 Å². The smallest absolute Gasteiger partial charge is 0.191 e. The summed E-state index contributed by atoms with van der Waals surface area (Å²) in [4.78, 5) is 15.2. The Morgan fingerprint density at radius 1 is 1.30 bits per heavy atom. The van der Waals surface area contributed by atoms with Crippen LogP contribution >= 0.6 is 11.8 Å². The maximum absolute atomic E-state index is 5.43. The first-order valence-corrected chi connectivity index (χ1v) is 7.38. The number of aryl methyl sites for hydroxylation is 1. The molecule has 0 amide bonds. The van der Waals surface area contributed by atoms with E-state index in [-0.39, 0.29) is 0 Å². The van der Waals surface area contributed by atoms with Gasteiger partial charge in [-0.05, 0) is 25.3 Å².